The number of hydrogen-bond acceptors (Lipinski definition) is 5. The Labute approximate surface area is 152 Å². The first kappa shape index (κ1) is 20.1. The fourth-order valence-electron chi connectivity index (χ4n) is 2.18. The molecule has 0 aliphatic rings. The van der Waals surface area contributed by atoms with Gasteiger partial charge in [-0.25, -0.2) is 26.3 Å². The average molecular weight is 400 g/mol. The number of nitrogens with one attached hydrogen (secondary N) is 3. The number of anilines is 1. The lowest BCUT2D eigenvalue weighted by atomic mass is 10.2. The third-order valence-electron chi connectivity index (χ3n) is 3.59. The summed E-state index contributed by atoms with van der Waals surface area (Å²) in [6.45, 7) is 1.66. The largest absolute Gasteiger partial charge is 0.342 e. The molecule has 0 fully saturated rings. The minimum Gasteiger partial charge on any atom is -0.342 e. The number of carbonyl (C=O) groups excluding carboxylic acids is 1. The molecule has 142 valence electrons. The van der Waals surface area contributed by atoms with Crippen LogP contribution < -0.4 is 14.8 Å². The maximum atomic E-state index is 12.2. The Kier molecular flexibility index (Phi) is 5.86. The third kappa shape index (κ3) is 4.49. The van der Waals surface area contributed by atoms with Gasteiger partial charge in [0, 0.05) is 18.1 Å². The van der Waals surface area contributed by atoms with E-state index < -0.39 is 35.7 Å². The zero-order valence-electron chi connectivity index (χ0n) is 14.5. The van der Waals surface area contributed by atoms with E-state index >= 15 is 0 Å². The van der Waals surface area contributed by atoms with Crippen molar-refractivity contribution in [3.63, 3.8) is 0 Å². The van der Waals surface area contributed by atoms with E-state index in [1.54, 1.807) is 12.1 Å². The molecule has 9 nitrogen and oxygen atoms in total. The molecule has 1 aromatic carbocycles. The molecule has 26 heavy (non-hydrogen) atoms. The number of hydrogen-bond donors (Lipinski definition) is 3. The zero-order chi connectivity index (χ0) is 19.5. The molecule has 0 atom stereocenters. The van der Waals surface area contributed by atoms with Crippen LogP contribution in [0.25, 0.3) is 0 Å². The van der Waals surface area contributed by atoms with Gasteiger partial charge in [0.05, 0.1) is 0 Å². The molecule has 2 aromatic rings. The van der Waals surface area contributed by atoms with Gasteiger partial charge < -0.3 is 9.88 Å². The standard InChI is InChI=1S/C15H20N4O5S2/c1-11-4-6-12(7-5-11)18-15(20)10-19-8-13(25(21,22)16-2)14(9-19)26(23,24)17-3/h4-9,16-17H,10H2,1-3H3,(H,18,20). The van der Waals surface area contributed by atoms with Crippen molar-refractivity contribution >= 4 is 31.6 Å². The van der Waals surface area contributed by atoms with Crippen molar-refractivity contribution in [1.29, 1.82) is 0 Å². The van der Waals surface area contributed by atoms with E-state index in [4.69, 9.17) is 0 Å². The van der Waals surface area contributed by atoms with Crippen molar-refractivity contribution < 1.29 is 21.6 Å². The molecule has 0 unspecified atom stereocenters. The van der Waals surface area contributed by atoms with Crippen LogP contribution in [0.15, 0.2) is 46.5 Å². The van der Waals surface area contributed by atoms with Crippen LogP contribution in [0.3, 0.4) is 0 Å². The lowest BCUT2D eigenvalue weighted by Crippen LogP contribution is -2.24. The second-order valence-corrected chi connectivity index (χ2v) is 9.20. The van der Waals surface area contributed by atoms with E-state index in [-0.39, 0.29) is 6.54 Å². The van der Waals surface area contributed by atoms with Crippen LogP contribution >= 0.6 is 0 Å². The Balaban J connectivity index is 2.31. The summed E-state index contributed by atoms with van der Waals surface area (Å²) in [5.41, 5.74) is 1.62. The Bertz CT molecular complexity index is 957. The van der Waals surface area contributed by atoms with E-state index in [0.29, 0.717) is 5.69 Å². The molecule has 0 aliphatic heterocycles. The number of aromatic nitrogens is 1. The molecule has 3 N–H and O–H groups in total. The molecule has 11 heteroatoms. The molecular weight excluding hydrogens is 380 g/mol. The quantitative estimate of drug-likeness (QED) is 0.614. The molecule has 0 saturated heterocycles. The highest BCUT2D eigenvalue weighted by molar-refractivity contribution is 7.92. The van der Waals surface area contributed by atoms with Gasteiger partial charge in [0.2, 0.25) is 26.0 Å². The Morgan fingerprint density at radius 3 is 1.81 bits per heavy atom. The highest BCUT2D eigenvalue weighted by atomic mass is 32.2. The summed E-state index contributed by atoms with van der Waals surface area (Å²) in [5.74, 6) is -0.425. The van der Waals surface area contributed by atoms with Crippen LogP contribution in [0.1, 0.15) is 5.56 Å². The molecule has 1 amide bonds. The second kappa shape index (κ2) is 7.58. The predicted octanol–water partition coefficient (Wildman–Crippen LogP) is 0.251. The van der Waals surface area contributed by atoms with Crippen molar-refractivity contribution in [3.8, 4) is 0 Å². The zero-order valence-corrected chi connectivity index (χ0v) is 16.1. The molecule has 0 saturated carbocycles. The molecule has 1 heterocycles. The summed E-state index contributed by atoms with van der Waals surface area (Å²) in [5, 5.41) is 2.66. The molecule has 0 bridgehead atoms. The number of aryl methyl sites for hydroxylation is 1. The van der Waals surface area contributed by atoms with Gasteiger partial charge in [-0.15, -0.1) is 0 Å². The van der Waals surface area contributed by atoms with Crippen LogP contribution in [-0.4, -0.2) is 41.4 Å². The topological polar surface area (TPSA) is 126 Å². The number of benzene rings is 1. The molecule has 0 spiro atoms. The van der Waals surface area contributed by atoms with Gasteiger partial charge >= 0.3 is 0 Å². The Hall–Kier alpha value is -2.21. The third-order valence-corrected chi connectivity index (χ3v) is 6.60. The SMILES string of the molecule is CNS(=O)(=O)c1cn(CC(=O)Nc2ccc(C)cc2)cc1S(=O)(=O)NC. The monoisotopic (exact) mass is 400 g/mol. The number of rotatable bonds is 7. The minimum atomic E-state index is -4.02. The van der Waals surface area contributed by atoms with Crippen molar-refractivity contribution in [2.75, 3.05) is 19.4 Å². The van der Waals surface area contributed by atoms with Gasteiger partial charge in [0.1, 0.15) is 16.3 Å². The van der Waals surface area contributed by atoms with Crippen molar-refractivity contribution in [1.82, 2.24) is 14.0 Å². The molecule has 2 rings (SSSR count). The summed E-state index contributed by atoms with van der Waals surface area (Å²) >= 11 is 0. The number of carbonyl (C=O) groups is 1. The maximum absolute atomic E-state index is 12.2. The van der Waals surface area contributed by atoms with E-state index in [1.807, 2.05) is 19.1 Å². The summed E-state index contributed by atoms with van der Waals surface area (Å²) < 4.78 is 53.7. The summed E-state index contributed by atoms with van der Waals surface area (Å²) in [4.78, 5) is 11.3. The summed E-state index contributed by atoms with van der Waals surface area (Å²) in [7, 11) is -5.70. The fourth-order valence-corrected chi connectivity index (χ4v) is 4.47. The number of nitrogens with zero attached hydrogens (tertiary/aromatic N) is 1. The normalized spacial score (nSPS) is 12.1. The van der Waals surface area contributed by atoms with Gasteiger partial charge in [-0.3, -0.25) is 4.79 Å². The van der Waals surface area contributed by atoms with E-state index in [2.05, 4.69) is 14.8 Å². The maximum Gasteiger partial charge on any atom is 0.244 e. The van der Waals surface area contributed by atoms with Crippen molar-refractivity contribution in [3.05, 3.63) is 42.2 Å². The van der Waals surface area contributed by atoms with Crippen LogP contribution in [-0.2, 0) is 31.4 Å². The lowest BCUT2D eigenvalue weighted by molar-refractivity contribution is -0.116. The van der Waals surface area contributed by atoms with Gasteiger partial charge in [0.15, 0.2) is 0 Å². The Morgan fingerprint density at radius 1 is 0.923 bits per heavy atom. The van der Waals surface area contributed by atoms with Crippen LogP contribution in [0.4, 0.5) is 5.69 Å². The first-order valence-corrected chi connectivity index (χ1v) is 10.5. The molecule has 1 aromatic heterocycles. The Morgan fingerprint density at radius 2 is 1.38 bits per heavy atom. The van der Waals surface area contributed by atoms with Gasteiger partial charge in [-0.1, -0.05) is 17.7 Å². The average Bonchev–Trinajstić information content (AvgIpc) is 3.02. The molecular formula is C15H20N4O5S2. The van der Waals surface area contributed by atoms with Gasteiger partial charge in [-0.05, 0) is 33.2 Å². The smallest absolute Gasteiger partial charge is 0.244 e. The minimum absolute atomic E-state index is 0.251. The molecule has 0 aliphatic carbocycles. The predicted molar refractivity (Wildman–Crippen MR) is 96.7 cm³/mol. The van der Waals surface area contributed by atoms with Gasteiger partial charge in [0.25, 0.3) is 0 Å². The fraction of sp³-hybridized carbons (Fsp3) is 0.267. The lowest BCUT2D eigenvalue weighted by Gasteiger charge is -2.06. The summed E-state index contributed by atoms with van der Waals surface area (Å²) in [6, 6.07) is 7.13. The number of sulfonamides is 2. The first-order valence-electron chi connectivity index (χ1n) is 7.52. The molecule has 0 radical (unpaired) electrons. The summed E-state index contributed by atoms with van der Waals surface area (Å²) in [6.07, 6.45) is 2.20. The van der Waals surface area contributed by atoms with Crippen LogP contribution in [0.5, 0.6) is 0 Å². The van der Waals surface area contributed by atoms with Gasteiger partial charge in [-0.2, -0.15) is 0 Å². The van der Waals surface area contributed by atoms with E-state index in [1.165, 1.54) is 18.7 Å². The first-order chi connectivity index (χ1) is 12.1. The van der Waals surface area contributed by atoms with E-state index in [9.17, 15) is 21.6 Å². The highest BCUT2D eigenvalue weighted by Gasteiger charge is 2.27. The van der Waals surface area contributed by atoms with Crippen LogP contribution in [0, 0.1) is 6.92 Å². The van der Waals surface area contributed by atoms with Crippen LogP contribution in [0.2, 0.25) is 0 Å². The second-order valence-electron chi connectivity index (χ2n) is 5.49. The van der Waals surface area contributed by atoms with E-state index in [0.717, 1.165) is 18.0 Å². The van der Waals surface area contributed by atoms with Crippen molar-refractivity contribution in [2.24, 2.45) is 0 Å². The highest BCUT2D eigenvalue weighted by Crippen LogP contribution is 2.22. The number of amides is 1. The van der Waals surface area contributed by atoms with Crippen molar-refractivity contribution in [2.45, 2.75) is 23.3 Å².